The third-order valence-corrected chi connectivity index (χ3v) is 4.15. The molecule has 1 saturated carbocycles. The van der Waals surface area contributed by atoms with Crippen molar-refractivity contribution in [3.8, 4) is 11.8 Å². The van der Waals surface area contributed by atoms with Gasteiger partial charge in [0.25, 0.3) is 0 Å². The van der Waals surface area contributed by atoms with Gasteiger partial charge in [0.2, 0.25) is 0 Å². The summed E-state index contributed by atoms with van der Waals surface area (Å²) in [6, 6.07) is 10.4. The molecule has 0 amide bonds. The van der Waals surface area contributed by atoms with Crippen LogP contribution in [-0.2, 0) is 0 Å². The molecule has 21 heavy (non-hydrogen) atoms. The van der Waals surface area contributed by atoms with Gasteiger partial charge in [-0.05, 0) is 31.1 Å². The normalized spacial score (nSPS) is 16.3. The minimum atomic E-state index is 0.818. The van der Waals surface area contributed by atoms with Crippen molar-refractivity contribution in [1.82, 2.24) is 0 Å². The second-order valence-corrected chi connectivity index (χ2v) is 5.96. The highest BCUT2D eigenvalue weighted by Gasteiger charge is 2.11. The third kappa shape index (κ3) is 5.76. The molecule has 1 heteroatoms. The second kappa shape index (κ2) is 9.40. The lowest BCUT2D eigenvalue weighted by Gasteiger charge is -2.18. The molecule has 0 heterocycles. The molecule has 1 aliphatic rings. The van der Waals surface area contributed by atoms with Crippen LogP contribution in [0.4, 0.5) is 0 Å². The molecule has 112 valence electrons. The van der Waals surface area contributed by atoms with Crippen LogP contribution < -0.4 is 0 Å². The first-order valence-corrected chi connectivity index (χ1v) is 8.49. The van der Waals surface area contributed by atoms with Gasteiger partial charge in [0.15, 0.2) is 0 Å². The van der Waals surface area contributed by atoms with Gasteiger partial charge in [0, 0.05) is 18.5 Å². The predicted molar refractivity (Wildman–Crippen MR) is 91.7 cm³/mol. The van der Waals surface area contributed by atoms with Crippen molar-refractivity contribution in [3.63, 3.8) is 0 Å². The molecule has 1 fully saturated rings. The molecule has 0 spiro atoms. The van der Waals surface area contributed by atoms with Crippen molar-refractivity contribution in [1.29, 1.82) is 0 Å². The number of unbranched alkanes of at least 4 members (excludes halogenated alkanes) is 1. The molecular formula is C20H27N. The Kier molecular flexibility index (Phi) is 7.08. The molecule has 1 aromatic rings. The zero-order chi connectivity index (χ0) is 14.8. The second-order valence-electron chi connectivity index (χ2n) is 5.96. The van der Waals surface area contributed by atoms with Crippen molar-refractivity contribution in [3.05, 3.63) is 35.9 Å². The Balaban J connectivity index is 2.00. The summed E-state index contributed by atoms with van der Waals surface area (Å²) < 4.78 is 0. The molecule has 1 aromatic carbocycles. The third-order valence-electron chi connectivity index (χ3n) is 4.15. The highest BCUT2D eigenvalue weighted by atomic mass is 14.7. The number of rotatable bonds is 5. The summed E-state index contributed by atoms with van der Waals surface area (Å²) in [6.45, 7) is 3.09. The summed E-state index contributed by atoms with van der Waals surface area (Å²) in [5.74, 6) is 7.56. The van der Waals surface area contributed by atoms with E-state index in [0.29, 0.717) is 0 Å². The summed E-state index contributed by atoms with van der Waals surface area (Å²) in [4.78, 5) is 4.71. The standard InChI is InChI=1S/C20H27N/c1-2-3-17-21-20(19-14-8-5-9-15-19)16-10-13-18-11-6-4-7-12-18/h5,8-9,14-15,18H,2-4,6-7,11-13,17H2,1H3. The zero-order valence-corrected chi connectivity index (χ0v) is 13.3. The van der Waals surface area contributed by atoms with Crippen molar-refractivity contribution in [2.45, 2.75) is 58.3 Å². The van der Waals surface area contributed by atoms with Crippen LogP contribution in [0.25, 0.3) is 0 Å². The van der Waals surface area contributed by atoms with Gasteiger partial charge in [-0.25, -0.2) is 0 Å². The minimum absolute atomic E-state index is 0.818. The lowest BCUT2D eigenvalue weighted by Crippen LogP contribution is -2.05. The van der Waals surface area contributed by atoms with Gasteiger partial charge in [0.05, 0.1) is 0 Å². The van der Waals surface area contributed by atoms with E-state index in [2.05, 4.69) is 43.0 Å². The van der Waals surface area contributed by atoms with Crippen LogP contribution in [0.3, 0.4) is 0 Å². The van der Waals surface area contributed by atoms with Crippen LogP contribution in [0.5, 0.6) is 0 Å². The minimum Gasteiger partial charge on any atom is -0.276 e. The Morgan fingerprint density at radius 2 is 1.90 bits per heavy atom. The van der Waals surface area contributed by atoms with Crippen LogP contribution in [0, 0.1) is 17.8 Å². The Hall–Kier alpha value is -1.55. The fourth-order valence-electron chi connectivity index (χ4n) is 2.82. The maximum atomic E-state index is 4.71. The molecule has 0 radical (unpaired) electrons. The van der Waals surface area contributed by atoms with E-state index in [-0.39, 0.29) is 0 Å². The van der Waals surface area contributed by atoms with E-state index in [4.69, 9.17) is 4.99 Å². The Morgan fingerprint density at radius 1 is 1.14 bits per heavy atom. The van der Waals surface area contributed by atoms with E-state index < -0.39 is 0 Å². The molecule has 0 N–H and O–H groups in total. The molecule has 0 unspecified atom stereocenters. The Morgan fingerprint density at radius 3 is 2.62 bits per heavy atom. The fraction of sp³-hybridized carbons (Fsp3) is 0.550. The first-order chi connectivity index (χ1) is 10.4. The monoisotopic (exact) mass is 281 g/mol. The molecule has 0 bridgehead atoms. The molecular weight excluding hydrogens is 254 g/mol. The topological polar surface area (TPSA) is 12.4 Å². The quantitative estimate of drug-likeness (QED) is 0.397. The number of hydrogen-bond donors (Lipinski definition) is 0. The molecule has 0 saturated heterocycles. The molecule has 0 aromatic heterocycles. The van der Waals surface area contributed by atoms with Crippen molar-refractivity contribution < 1.29 is 0 Å². The predicted octanol–water partition coefficient (Wildman–Crippen LogP) is 5.25. The van der Waals surface area contributed by atoms with Gasteiger partial charge in [-0.15, -0.1) is 0 Å². The first-order valence-electron chi connectivity index (χ1n) is 8.49. The molecule has 1 aliphatic carbocycles. The highest BCUT2D eigenvalue weighted by molar-refractivity contribution is 6.12. The summed E-state index contributed by atoms with van der Waals surface area (Å²) >= 11 is 0. The maximum absolute atomic E-state index is 4.71. The fourth-order valence-corrected chi connectivity index (χ4v) is 2.82. The van der Waals surface area contributed by atoms with Gasteiger partial charge in [0.1, 0.15) is 5.71 Å². The van der Waals surface area contributed by atoms with Gasteiger partial charge in [-0.3, -0.25) is 4.99 Å². The van der Waals surface area contributed by atoms with E-state index in [9.17, 15) is 0 Å². The summed E-state index contributed by atoms with van der Waals surface area (Å²) in [5.41, 5.74) is 2.13. The van der Waals surface area contributed by atoms with Crippen LogP contribution in [0.1, 0.15) is 63.9 Å². The van der Waals surface area contributed by atoms with Gasteiger partial charge in [-0.2, -0.15) is 0 Å². The van der Waals surface area contributed by atoms with Crippen molar-refractivity contribution >= 4 is 5.71 Å². The SMILES string of the molecule is CCCCN=C(C#CCC1CCCCC1)c1ccccc1. The molecule has 1 nitrogen and oxygen atoms in total. The van der Waals surface area contributed by atoms with Crippen LogP contribution >= 0.6 is 0 Å². The summed E-state index contributed by atoms with van der Waals surface area (Å²) in [6.07, 6.45) is 10.3. The lowest BCUT2D eigenvalue weighted by atomic mass is 9.87. The average Bonchev–Trinajstić information content (AvgIpc) is 2.55. The number of benzene rings is 1. The van der Waals surface area contributed by atoms with E-state index in [0.717, 1.165) is 36.6 Å². The Labute approximate surface area is 129 Å². The van der Waals surface area contributed by atoms with E-state index in [1.165, 1.54) is 38.5 Å². The van der Waals surface area contributed by atoms with Gasteiger partial charge >= 0.3 is 0 Å². The van der Waals surface area contributed by atoms with Gasteiger partial charge < -0.3 is 0 Å². The average molecular weight is 281 g/mol. The smallest absolute Gasteiger partial charge is 0.114 e. The molecule has 2 rings (SSSR count). The number of nitrogens with zero attached hydrogens (tertiary/aromatic N) is 1. The highest BCUT2D eigenvalue weighted by Crippen LogP contribution is 2.25. The summed E-state index contributed by atoms with van der Waals surface area (Å²) in [7, 11) is 0. The largest absolute Gasteiger partial charge is 0.276 e. The van der Waals surface area contributed by atoms with Crippen molar-refractivity contribution in [2.24, 2.45) is 10.9 Å². The van der Waals surface area contributed by atoms with E-state index in [1.54, 1.807) is 0 Å². The number of hydrogen-bond acceptors (Lipinski definition) is 1. The van der Waals surface area contributed by atoms with E-state index >= 15 is 0 Å². The van der Waals surface area contributed by atoms with Crippen molar-refractivity contribution in [2.75, 3.05) is 6.54 Å². The van der Waals surface area contributed by atoms with E-state index in [1.807, 2.05) is 6.07 Å². The van der Waals surface area contributed by atoms with Crippen LogP contribution in [0.15, 0.2) is 35.3 Å². The van der Waals surface area contributed by atoms with Crippen LogP contribution in [-0.4, -0.2) is 12.3 Å². The molecule has 0 aliphatic heterocycles. The summed E-state index contributed by atoms with van der Waals surface area (Å²) in [5, 5.41) is 0. The number of aliphatic imine (C=N–C) groups is 1. The van der Waals surface area contributed by atoms with Crippen LogP contribution in [0.2, 0.25) is 0 Å². The zero-order valence-electron chi connectivity index (χ0n) is 13.3. The first kappa shape index (κ1) is 15.8. The van der Waals surface area contributed by atoms with Gasteiger partial charge in [-0.1, -0.05) is 68.9 Å². The Bertz CT molecular complexity index is 484. The molecule has 0 atom stereocenters. The lowest BCUT2D eigenvalue weighted by molar-refractivity contribution is 0.365. The maximum Gasteiger partial charge on any atom is 0.114 e.